The quantitative estimate of drug-likeness (QED) is 0.521. The van der Waals surface area contributed by atoms with Crippen LogP contribution in [0.4, 0.5) is 0 Å². The maximum atomic E-state index is 10.9. The molecular formula is C9H15ClO3. The highest BCUT2D eigenvalue weighted by atomic mass is 35.5. The highest BCUT2D eigenvalue weighted by Crippen LogP contribution is 2.20. The molecule has 0 bridgehead atoms. The Labute approximate surface area is 83.3 Å². The zero-order valence-corrected chi connectivity index (χ0v) is 8.39. The third-order valence-corrected chi connectivity index (χ3v) is 2.42. The first-order valence-corrected chi connectivity index (χ1v) is 5.15. The van der Waals surface area contributed by atoms with Crippen LogP contribution in [-0.4, -0.2) is 25.2 Å². The van der Waals surface area contributed by atoms with Crippen LogP contribution < -0.4 is 0 Å². The van der Waals surface area contributed by atoms with Gasteiger partial charge in [-0.1, -0.05) is 11.6 Å². The maximum absolute atomic E-state index is 10.9. The SMILES string of the molecule is O=C(CCC1CCOCC1)OCCl. The average molecular weight is 207 g/mol. The zero-order valence-electron chi connectivity index (χ0n) is 7.63. The summed E-state index contributed by atoms with van der Waals surface area (Å²) in [5, 5.41) is 0. The van der Waals surface area contributed by atoms with Crippen molar-refractivity contribution in [2.75, 3.05) is 19.3 Å². The minimum Gasteiger partial charge on any atom is -0.449 e. The standard InChI is InChI=1S/C9H15ClO3/c10-7-13-9(11)2-1-8-3-5-12-6-4-8/h8H,1-7H2. The van der Waals surface area contributed by atoms with Crippen molar-refractivity contribution in [3.8, 4) is 0 Å². The van der Waals surface area contributed by atoms with Crippen LogP contribution in [-0.2, 0) is 14.3 Å². The van der Waals surface area contributed by atoms with Crippen molar-refractivity contribution in [3.05, 3.63) is 0 Å². The lowest BCUT2D eigenvalue weighted by Crippen LogP contribution is -2.17. The molecule has 0 radical (unpaired) electrons. The molecule has 0 N–H and O–H groups in total. The van der Waals surface area contributed by atoms with Gasteiger partial charge in [0.15, 0.2) is 6.07 Å². The van der Waals surface area contributed by atoms with Crippen LogP contribution in [0.5, 0.6) is 0 Å². The molecular weight excluding hydrogens is 192 g/mol. The Bertz CT molecular complexity index is 155. The molecule has 1 rings (SSSR count). The zero-order chi connectivity index (χ0) is 9.52. The van der Waals surface area contributed by atoms with E-state index in [1.54, 1.807) is 0 Å². The summed E-state index contributed by atoms with van der Waals surface area (Å²) >= 11 is 5.25. The molecule has 0 amide bonds. The van der Waals surface area contributed by atoms with Crippen molar-refractivity contribution in [1.29, 1.82) is 0 Å². The summed E-state index contributed by atoms with van der Waals surface area (Å²) in [5.74, 6) is 0.429. The fourth-order valence-electron chi connectivity index (χ4n) is 1.49. The summed E-state index contributed by atoms with van der Waals surface area (Å²) < 4.78 is 9.84. The summed E-state index contributed by atoms with van der Waals surface area (Å²) in [6, 6.07) is -0.0351. The van der Waals surface area contributed by atoms with Crippen LogP contribution in [0, 0.1) is 5.92 Å². The lowest BCUT2D eigenvalue weighted by Gasteiger charge is -2.21. The van der Waals surface area contributed by atoms with E-state index in [-0.39, 0.29) is 12.0 Å². The van der Waals surface area contributed by atoms with Crippen LogP contribution in [0.3, 0.4) is 0 Å². The van der Waals surface area contributed by atoms with Crippen molar-refractivity contribution in [2.24, 2.45) is 5.92 Å². The van der Waals surface area contributed by atoms with Crippen LogP contribution >= 0.6 is 11.6 Å². The van der Waals surface area contributed by atoms with Crippen LogP contribution in [0.25, 0.3) is 0 Å². The predicted octanol–water partition coefficient (Wildman–Crippen LogP) is 1.93. The molecule has 0 unspecified atom stereocenters. The van der Waals surface area contributed by atoms with Crippen molar-refractivity contribution >= 4 is 17.6 Å². The van der Waals surface area contributed by atoms with E-state index < -0.39 is 0 Å². The lowest BCUT2D eigenvalue weighted by atomic mass is 9.95. The normalized spacial score (nSPS) is 18.5. The molecule has 1 heterocycles. The van der Waals surface area contributed by atoms with Crippen molar-refractivity contribution in [1.82, 2.24) is 0 Å². The summed E-state index contributed by atoms with van der Waals surface area (Å²) in [5.41, 5.74) is 0. The van der Waals surface area contributed by atoms with Gasteiger partial charge in [0.1, 0.15) is 0 Å². The number of esters is 1. The number of rotatable bonds is 4. The number of halogens is 1. The second-order valence-electron chi connectivity index (χ2n) is 3.22. The Hall–Kier alpha value is -0.280. The Morgan fingerprint density at radius 2 is 2.15 bits per heavy atom. The molecule has 1 saturated heterocycles. The van der Waals surface area contributed by atoms with Gasteiger partial charge < -0.3 is 9.47 Å². The second-order valence-corrected chi connectivity index (χ2v) is 3.44. The minimum atomic E-state index is -0.193. The van der Waals surface area contributed by atoms with Gasteiger partial charge in [0.25, 0.3) is 0 Å². The first kappa shape index (κ1) is 10.8. The minimum absolute atomic E-state index is 0.0351. The molecule has 4 heteroatoms. The Kier molecular flexibility index (Phi) is 5.16. The number of alkyl halides is 1. The third kappa shape index (κ3) is 4.48. The average Bonchev–Trinajstić information content (AvgIpc) is 2.17. The first-order valence-electron chi connectivity index (χ1n) is 4.62. The highest BCUT2D eigenvalue weighted by molar-refractivity contribution is 6.17. The van der Waals surface area contributed by atoms with Crippen LogP contribution in [0.2, 0.25) is 0 Å². The van der Waals surface area contributed by atoms with Crippen LogP contribution in [0.1, 0.15) is 25.7 Å². The van der Waals surface area contributed by atoms with Gasteiger partial charge in [-0.05, 0) is 25.2 Å². The Morgan fingerprint density at radius 3 is 2.77 bits per heavy atom. The molecule has 0 aliphatic carbocycles. The van der Waals surface area contributed by atoms with Crippen molar-refractivity contribution < 1.29 is 14.3 Å². The van der Waals surface area contributed by atoms with Gasteiger partial charge >= 0.3 is 5.97 Å². The Balaban J connectivity index is 2.06. The van der Waals surface area contributed by atoms with Crippen LogP contribution in [0.15, 0.2) is 0 Å². The monoisotopic (exact) mass is 206 g/mol. The van der Waals surface area contributed by atoms with E-state index in [1.165, 1.54) is 0 Å². The van der Waals surface area contributed by atoms with Crippen molar-refractivity contribution in [3.63, 3.8) is 0 Å². The molecule has 0 spiro atoms. The van der Waals surface area contributed by atoms with Gasteiger partial charge in [0, 0.05) is 19.6 Å². The van der Waals surface area contributed by atoms with Gasteiger partial charge in [-0.15, -0.1) is 0 Å². The third-order valence-electron chi connectivity index (χ3n) is 2.31. The summed E-state index contributed by atoms with van der Waals surface area (Å²) in [6.45, 7) is 1.66. The predicted molar refractivity (Wildman–Crippen MR) is 49.6 cm³/mol. The number of ether oxygens (including phenoxy) is 2. The van der Waals surface area contributed by atoms with E-state index in [4.69, 9.17) is 16.3 Å². The largest absolute Gasteiger partial charge is 0.449 e. The van der Waals surface area contributed by atoms with Gasteiger partial charge in [-0.2, -0.15) is 0 Å². The van der Waals surface area contributed by atoms with E-state index in [0.717, 1.165) is 32.5 Å². The highest BCUT2D eigenvalue weighted by Gasteiger charge is 2.15. The fourth-order valence-corrected chi connectivity index (χ4v) is 1.61. The van der Waals surface area contributed by atoms with Gasteiger partial charge in [-0.25, -0.2) is 0 Å². The molecule has 3 nitrogen and oxygen atoms in total. The van der Waals surface area contributed by atoms with E-state index in [9.17, 15) is 4.79 Å². The number of carbonyl (C=O) groups is 1. The van der Waals surface area contributed by atoms with Crippen molar-refractivity contribution in [2.45, 2.75) is 25.7 Å². The molecule has 0 saturated carbocycles. The topological polar surface area (TPSA) is 35.5 Å². The number of carbonyl (C=O) groups excluding carboxylic acids is 1. The van der Waals surface area contributed by atoms with Gasteiger partial charge in [0.05, 0.1) is 0 Å². The lowest BCUT2D eigenvalue weighted by molar-refractivity contribution is -0.142. The Morgan fingerprint density at radius 1 is 1.46 bits per heavy atom. The fraction of sp³-hybridized carbons (Fsp3) is 0.889. The molecule has 0 atom stereocenters. The number of hydrogen-bond donors (Lipinski definition) is 0. The van der Waals surface area contributed by atoms with E-state index in [1.807, 2.05) is 0 Å². The maximum Gasteiger partial charge on any atom is 0.306 e. The molecule has 0 aromatic heterocycles. The van der Waals surface area contributed by atoms with E-state index >= 15 is 0 Å². The second kappa shape index (κ2) is 6.22. The summed E-state index contributed by atoms with van der Waals surface area (Å²) in [6.07, 6.45) is 3.51. The molecule has 76 valence electrons. The molecule has 0 aromatic rings. The molecule has 13 heavy (non-hydrogen) atoms. The van der Waals surface area contributed by atoms with E-state index in [0.29, 0.717) is 12.3 Å². The molecule has 1 aliphatic heterocycles. The van der Waals surface area contributed by atoms with E-state index in [2.05, 4.69) is 4.74 Å². The molecule has 1 fully saturated rings. The summed E-state index contributed by atoms with van der Waals surface area (Å²) in [4.78, 5) is 10.9. The molecule has 1 aliphatic rings. The first-order chi connectivity index (χ1) is 6.33. The molecule has 0 aromatic carbocycles. The van der Waals surface area contributed by atoms with Gasteiger partial charge in [-0.3, -0.25) is 4.79 Å². The van der Waals surface area contributed by atoms with Gasteiger partial charge in [0.2, 0.25) is 0 Å². The smallest absolute Gasteiger partial charge is 0.306 e. The number of hydrogen-bond acceptors (Lipinski definition) is 3. The summed E-state index contributed by atoms with van der Waals surface area (Å²) in [7, 11) is 0.